The van der Waals surface area contributed by atoms with Crippen LogP contribution < -0.4 is 5.32 Å². The molecule has 19 heavy (non-hydrogen) atoms. The number of nitrogens with one attached hydrogen (secondary N) is 1. The summed E-state index contributed by atoms with van der Waals surface area (Å²) in [4.78, 5) is 12.2. The van der Waals surface area contributed by atoms with Gasteiger partial charge in [-0.3, -0.25) is 4.79 Å². The van der Waals surface area contributed by atoms with Crippen molar-refractivity contribution >= 4 is 39.1 Å². The molecule has 0 aromatic heterocycles. The van der Waals surface area contributed by atoms with E-state index in [9.17, 15) is 9.18 Å². The second-order valence-corrected chi connectivity index (χ2v) is 5.74. The van der Waals surface area contributed by atoms with Gasteiger partial charge in [-0.05, 0) is 40.9 Å². The van der Waals surface area contributed by atoms with Crippen LogP contribution in [0.25, 0.3) is 0 Å². The predicted octanol–water partition coefficient (Wildman–Crippen LogP) is 5.40. The SMILES string of the molecule is CCCCC(CC)C(=O)Nc1c(Cl)cc(F)cc1Br. The van der Waals surface area contributed by atoms with Gasteiger partial charge in [0.25, 0.3) is 0 Å². The Balaban J connectivity index is 2.81. The number of hydrogen-bond donors (Lipinski definition) is 1. The Morgan fingerprint density at radius 3 is 2.68 bits per heavy atom. The van der Waals surface area contributed by atoms with E-state index in [1.165, 1.54) is 12.1 Å². The zero-order valence-corrected chi connectivity index (χ0v) is 13.4. The zero-order valence-electron chi connectivity index (χ0n) is 11.1. The van der Waals surface area contributed by atoms with E-state index < -0.39 is 5.82 Å². The zero-order chi connectivity index (χ0) is 14.4. The van der Waals surface area contributed by atoms with Crippen LogP contribution in [0.1, 0.15) is 39.5 Å². The second kappa shape index (κ2) is 7.85. The van der Waals surface area contributed by atoms with Crippen LogP contribution in [0, 0.1) is 11.7 Å². The van der Waals surface area contributed by atoms with Gasteiger partial charge in [0.2, 0.25) is 5.91 Å². The molecule has 0 aliphatic carbocycles. The first-order valence-electron chi connectivity index (χ1n) is 6.45. The fraction of sp³-hybridized carbons (Fsp3) is 0.500. The van der Waals surface area contributed by atoms with Crippen molar-refractivity contribution in [1.82, 2.24) is 0 Å². The second-order valence-electron chi connectivity index (χ2n) is 4.48. The van der Waals surface area contributed by atoms with E-state index in [0.717, 1.165) is 25.7 Å². The Hall–Kier alpha value is -0.610. The normalized spacial score (nSPS) is 12.3. The van der Waals surface area contributed by atoms with Gasteiger partial charge in [0.1, 0.15) is 5.82 Å². The van der Waals surface area contributed by atoms with Crippen LogP contribution in [-0.4, -0.2) is 5.91 Å². The van der Waals surface area contributed by atoms with Crippen LogP contribution in [-0.2, 0) is 4.79 Å². The van der Waals surface area contributed by atoms with Crippen molar-refractivity contribution in [2.45, 2.75) is 39.5 Å². The molecular formula is C14H18BrClFNO. The molecule has 0 bridgehead atoms. The van der Waals surface area contributed by atoms with Crippen LogP contribution in [0.5, 0.6) is 0 Å². The summed E-state index contributed by atoms with van der Waals surface area (Å²) in [5, 5.41) is 2.98. The molecule has 1 rings (SSSR count). The van der Waals surface area contributed by atoms with E-state index in [2.05, 4.69) is 28.2 Å². The third-order valence-corrected chi connectivity index (χ3v) is 3.95. The number of benzene rings is 1. The molecule has 1 aromatic rings. The smallest absolute Gasteiger partial charge is 0.227 e. The van der Waals surface area contributed by atoms with Crippen LogP contribution >= 0.6 is 27.5 Å². The van der Waals surface area contributed by atoms with Crippen LogP contribution in [0.3, 0.4) is 0 Å². The van der Waals surface area contributed by atoms with Crippen molar-refractivity contribution < 1.29 is 9.18 Å². The van der Waals surface area contributed by atoms with Gasteiger partial charge in [-0.1, -0.05) is 38.3 Å². The maximum absolute atomic E-state index is 13.1. The number of carbonyl (C=O) groups excluding carboxylic acids is 1. The molecule has 0 heterocycles. The van der Waals surface area contributed by atoms with Crippen LogP contribution in [0.2, 0.25) is 5.02 Å². The topological polar surface area (TPSA) is 29.1 Å². The molecule has 0 saturated heterocycles. The summed E-state index contributed by atoms with van der Waals surface area (Å²) in [5.41, 5.74) is 0.433. The molecule has 1 amide bonds. The minimum absolute atomic E-state index is 0.0343. The van der Waals surface area contributed by atoms with Gasteiger partial charge in [0, 0.05) is 10.4 Å². The Bertz CT molecular complexity index is 430. The molecule has 1 atom stereocenters. The molecule has 5 heteroatoms. The lowest BCUT2D eigenvalue weighted by Gasteiger charge is -2.16. The fourth-order valence-corrected chi connectivity index (χ4v) is 2.76. The first-order valence-corrected chi connectivity index (χ1v) is 7.62. The summed E-state index contributed by atoms with van der Waals surface area (Å²) >= 11 is 9.16. The summed E-state index contributed by atoms with van der Waals surface area (Å²) in [6.45, 7) is 4.08. The molecular weight excluding hydrogens is 333 g/mol. The lowest BCUT2D eigenvalue weighted by Crippen LogP contribution is -2.22. The van der Waals surface area contributed by atoms with Crippen molar-refractivity contribution in [1.29, 1.82) is 0 Å². The molecule has 106 valence electrons. The Morgan fingerprint density at radius 2 is 2.16 bits per heavy atom. The number of hydrogen-bond acceptors (Lipinski definition) is 1. The lowest BCUT2D eigenvalue weighted by atomic mass is 9.98. The van der Waals surface area contributed by atoms with Crippen molar-refractivity contribution in [3.05, 3.63) is 27.4 Å². The van der Waals surface area contributed by atoms with Crippen molar-refractivity contribution in [3.63, 3.8) is 0 Å². The first-order chi connectivity index (χ1) is 8.99. The molecule has 0 fully saturated rings. The van der Waals surface area contributed by atoms with Gasteiger partial charge >= 0.3 is 0 Å². The standard InChI is InChI=1S/C14H18BrClFNO/c1-3-5-6-9(4-2)14(19)18-13-11(15)7-10(17)8-12(13)16/h7-9H,3-6H2,1-2H3,(H,18,19). The highest BCUT2D eigenvalue weighted by atomic mass is 79.9. The van der Waals surface area contributed by atoms with Gasteiger partial charge in [-0.15, -0.1) is 0 Å². The highest BCUT2D eigenvalue weighted by Crippen LogP contribution is 2.32. The number of amides is 1. The van der Waals surface area contributed by atoms with E-state index in [4.69, 9.17) is 11.6 Å². The molecule has 0 radical (unpaired) electrons. The summed E-state index contributed by atoms with van der Waals surface area (Å²) in [6, 6.07) is 2.48. The molecule has 0 spiro atoms. The Morgan fingerprint density at radius 1 is 1.47 bits per heavy atom. The third-order valence-electron chi connectivity index (χ3n) is 3.02. The Kier molecular flexibility index (Phi) is 6.80. The minimum atomic E-state index is -0.437. The van der Waals surface area contributed by atoms with Gasteiger partial charge in [0.15, 0.2) is 0 Å². The van der Waals surface area contributed by atoms with Gasteiger partial charge in [0.05, 0.1) is 10.7 Å². The van der Waals surface area contributed by atoms with Crippen LogP contribution in [0.15, 0.2) is 16.6 Å². The number of halogens is 3. The highest BCUT2D eigenvalue weighted by Gasteiger charge is 2.18. The minimum Gasteiger partial charge on any atom is -0.324 e. The van der Waals surface area contributed by atoms with Gasteiger partial charge < -0.3 is 5.32 Å². The van der Waals surface area contributed by atoms with Crippen molar-refractivity contribution in [3.8, 4) is 0 Å². The fourth-order valence-electron chi connectivity index (χ4n) is 1.86. The number of rotatable bonds is 6. The van der Waals surface area contributed by atoms with Crippen molar-refractivity contribution in [2.24, 2.45) is 5.92 Å². The summed E-state index contributed by atoms with van der Waals surface area (Å²) in [6.07, 6.45) is 3.71. The number of carbonyl (C=O) groups is 1. The predicted molar refractivity (Wildman–Crippen MR) is 81.0 cm³/mol. The van der Waals surface area contributed by atoms with E-state index in [1.807, 2.05) is 6.92 Å². The van der Waals surface area contributed by atoms with E-state index in [-0.39, 0.29) is 16.8 Å². The monoisotopic (exact) mass is 349 g/mol. The lowest BCUT2D eigenvalue weighted by molar-refractivity contribution is -0.120. The van der Waals surface area contributed by atoms with Crippen molar-refractivity contribution in [2.75, 3.05) is 5.32 Å². The van der Waals surface area contributed by atoms with Crippen LogP contribution in [0.4, 0.5) is 10.1 Å². The van der Waals surface area contributed by atoms with Gasteiger partial charge in [-0.2, -0.15) is 0 Å². The summed E-state index contributed by atoms with van der Waals surface area (Å²) < 4.78 is 13.6. The average Bonchev–Trinajstić information content (AvgIpc) is 2.34. The molecule has 2 nitrogen and oxygen atoms in total. The summed E-state index contributed by atoms with van der Waals surface area (Å²) in [7, 11) is 0. The van der Waals surface area contributed by atoms with E-state index in [0.29, 0.717) is 10.2 Å². The van der Waals surface area contributed by atoms with E-state index >= 15 is 0 Å². The maximum atomic E-state index is 13.1. The highest BCUT2D eigenvalue weighted by molar-refractivity contribution is 9.10. The number of anilines is 1. The van der Waals surface area contributed by atoms with E-state index in [1.54, 1.807) is 0 Å². The van der Waals surface area contributed by atoms with Gasteiger partial charge in [-0.25, -0.2) is 4.39 Å². The maximum Gasteiger partial charge on any atom is 0.227 e. The molecule has 1 N–H and O–H groups in total. The quantitative estimate of drug-likeness (QED) is 0.731. The largest absolute Gasteiger partial charge is 0.324 e. The first kappa shape index (κ1) is 16.4. The molecule has 0 aliphatic rings. The molecule has 0 aliphatic heterocycles. The summed E-state index contributed by atoms with van der Waals surface area (Å²) in [5.74, 6) is -0.536. The Labute approximate surface area is 126 Å². The third kappa shape index (κ3) is 4.77. The number of unbranched alkanes of at least 4 members (excludes halogenated alkanes) is 1. The molecule has 0 saturated carbocycles. The molecule has 1 aromatic carbocycles. The average molecular weight is 351 g/mol. The molecule has 1 unspecified atom stereocenters.